The molecular formula is C17H21N3OS2. The Labute approximate surface area is 145 Å². The molecule has 0 aliphatic carbocycles. The first kappa shape index (κ1) is 16.5. The number of nitrogens with one attached hydrogen (secondary N) is 1. The Morgan fingerprint density at radius 1 is 1.35 bits per heavy atom. The Balaban J connectivity index is 1.49. The molecule has 2 aromatic rings. The van der Waals surface area contributed by atoms with Crippen molar-refractivity contribution >= 4 is 29.4 Å². The van der Waals surface area contributed by atoms with Gasteiger partial charge in [-0.1, -0.05) is 19.1 Å². The summed E-state index contributed by atoms with van der Waals surface area (Å²) in [7, 11) is 0. The highest BCUT2D eigenvalue weighted by molar-refractivity contribution is 8.19. The zero-order chi connectivity index (χ0) is 16.1. The highest BCUT2D eigenvalue weighted by Gasteiger charge is 2.18. The number of carbonyl (C=O) groups is 1. The number of hydrogen-bond acceptors (Lipinski definition) is 4. The van der Waals surface area contributed by atoms with Gasteiger partial charge >= 0.3 is 0 Å². The molecule has 23 heavy (non-hydrogen) atoms. The molecule has 1 aromatic heterocycles. The molecule has 0 spiro atoms. The van der Waals surface area contributed by atoms with Crippen LogP contribution in [0.1, 0.15) is 27.4 Å². The van der Waals surface area contributed by atoms with Crippen molar-refractivity contribution in [1.82, 2.24) is 15.1 Å². The lowest BCUT2D eigenvalue weighted by atomic mass is 10.1. The van der Waals surface area contributed by atoms with Gasteiger partial charge in [-0.2, -0.15) is 5.10 Å². The molecule has 0 bridgehead atoms. The van der Waals surface area contributed by atoms with E-state index in [4.69, 9.17) is 0 Å². The summed E-state index contributed by atoms with van der Waals surface area (Å²) < 4.78 is 2.42. The molecule has 1 N–H and O–H groups in total. The Kier molecular flexibility index (Phi) is 5.67. The Morgan fingerprint density at radius 3 is 2.74 bits per heavy atom. The van der Waals surface area contributed by atoms with Crippen LogP contribution in [0.15, 0.2) is 42.7 Å². The number of nitrogens with zero attached hydrogens (tertiary/aromatic N) is 2. The van der Waals surface area contributed by atoms with E-state index >= 15 is 0 Å². The van der Waals surface area contributed by atoms with E-state index in [9.17, 15) is 4.79 Å². The molecule has 122 valence electrons. The minimum absolute atomic E-state index is 0.00408. The predicted octanol–water partition coefficient (Wildman–Crippen LogP) is 3.43. The Hall–Kier alpha value is -1.40. The van der Waals surface area contributed by atoms with E-state index in [1.165, 1.54) is 17.1 Å². The van der Waals surface area contributed by atoms with Gasteiger partial charge in [0.1, 0.15) is 0 Å². The summed E-state index contributed by atoms with van der Waals surface area (Å²) >= 11 is 3.96. The normalized spacial score (nSPS) is 16.4. The first-order valence-electron chi connectivity index (χ1n) is 7.81. The largest absolute Gasteiger partial charge is 0.352 e. The van der Waals surface area contributed by atoms with Gasteiger partial charge in [0.2, 0.25) is 0 Å². The van der Waals surface area contributed by atoms with Crippen LogP contribution in [0, 0.1) is 5.92 Å². The summed E-state index contributed by atoms with van der Waals surface area (Å²) in [5.74, 6) is 2.76. The van der Waals surface area contributed by atoms with Gasteiger partial charge in [-0.3, -0.25) is 9.48 Å². The molecule has 1 aromatic carbocycles. The van der Waals surface area contributed by atoms with Crippen LogP contribution >= 0.6 is 23.5 Å². The molecule has 2 heterocycles. The van der Waals surface area contributed by atoms with E-state index in [0.717, 1.165) is 12.1 Å². The molecule has 3 rings (SSSR count). The molecule has 0 saturated carbocycles. The van der Waals surface area contributed by atoms with E-state index in [1.54, 1.807) is 6.20 Å². The molecule has 1 saturated heterocycles. The quantitative estimate of drug-likeness (QED) is 0.870. The number of carbonyl (C=O) groups excluding carboxylic acids is 1. The molecule has 1 unspecified atom stereocenters. The molecule has 1 aliphatic rings. The third-order valence-electron chi connectivity index (χ3n) is 3.74. The minimum atomic E-state index is -0.00408. The van der Waals surface area contributed by atoms with Crippen LogP contribution in [-0.2, 0) is 6.54 Å². The molecule has 1 amide bonds. The topological polar surface area (TPSA) is 46.9 Å². The van der Waals surface area contributed by atoms with Gasteiger partial charge < -0.3 is 5.32 Å². The Bertz CT molecular complexity index is 622. The average molecular weight is 348 g/mol. The van der Waals surface area contributed by atoms with Crippen LogP contribution in [0.3, 0.4) is 0 Å². The lowest BCUT2D eigenvalue weighted by molar-refractivity contribution is 0.0946. The molecular weight excluding hydrogens is 326 g/mol. The van der Waals surface area contributed by atoms with E-state index in [-0.39, 0.29) is 5.91 Å². The van der Waals surface area contributed by atoms with E-state index < -0.39 is 0 Å². The monoisotopic (exact) mass is 347 g/mol. The van der Waals surface area contributed by atoms with Gasteiger partial charge in [0.25, 0.3) is 5.91 Å². The van der Waals surface area contributed by atoms with Crippen molar-refractivity contribution in [2.45, 2.75) is 18.1 Å². The number of benzene rings is 1. The van der Waals surface area contributed by atoms with Gasteiger partial charge in [0.15, 0.2) is 0 Å². The van der Waals surface area contributed by atoms with Gasteiger partial charge in [-0.05, 0) is 29.7 Å². The van der Waals surface area contributed by atoms with Crippen LogP contribution < -0.4 is 5.32 Å². The molecule has 1 atom stereocenters. The van der Waals surface area contributed by atoms with Crippen molar-refractivity contribution in [2.75, 3.05) is 18.1 Å². The summed E-state index contributed by atoms with van der Waals surface area (Å²) in [5.41, 5.74) is 2.04. The number of hydrogen-bond donors (Lipinski definition) is 1. The number of amides is 1. The van der Waals surface area contributed by atoms with Crippen molar-refractivity contribution in [3.05, 3.63) is 53.9 Å². The van der Waals surface area contributed by atoms with Crippen molar-refractivity contribution in [1.29, 1.82) is 0 Å². The third-order valence-corrected chi connectivity index (χ3v) is 6.84. The Morgan fingerprint density at radius 2 is 2.09 bits per heavy atom. The maximum atomic E-state index is 12.2. The summed E-state index contributed by atoms with van der Waals surface area (Å²) in [6, 6.07) is 9.94. The highest BCUT2D eigenvalue weighted by Crippen LogP contribution is 2.45. The van der Waals surface area contributed by atoms with Gasteiger partial charge in [-0.15, -0.1) is 23.5 Å². The number of rotatable bonds is 6. The predicted molar refractivity (Wildman–Crippen MR) is 97.8 cm³/mol. The molecule has 1 aliphatic heterocycles. The summed E-state index contributed by atoms with van der Waals surface area (Å²) in [6.07, 6.45) is 3.71. The summed E-state index contributed by atoms with van der Waals surface area (Å²) in [6.45, 7) is 3.57. The average Bonchev–Trinajstić information content (AvgIpc) is 3.26. The second-order valence-corrected chi connectivity index (χ2v) is 8.46. The fourth-order valence-corrected chi connectivity index (χ4v) is 5.36. The SMILES string of the molecule is CC(CNC(=O)c1ccc(C2SCCS2)cc1)Cn1cccn1. The van der Waals surface area contributed by atoms with Crippen LogP contribution in [0.2, 0.25) is 0 Å². The van der Waals surface area contributed by atoms with Crippen LogP contribution in [-0.4, -0.2) is 33.7 Å². The fraction of sp³-hybridized carbons (Fsp3) is 0.412. The summed E-state index contributed by atoms with van der Waals surface area (Å²) in [5, 5.41) is 7.20. The molecule has 4 nitrogen and oxygen atoms in total. The maximum Gasteiger partial charge on any atom is 0.251 e. The molecule has 1 fully saturated rings. The maximum absolute atomic E-state index is 12.2. The first-order chi connectivity index (χ1) is 11.2. The lowest BCUT2D eigenvalue weighted by Crippen LogP contribution is -2.30. The second-order valence-electron chi connectivity index (χ2n) is 5.74. The lowest BCUT2D eigenvalue weighted by Gasteiger charge is -2.13. The third kappa shape index (κ3) is 4.54. The second kappa shape index (κ2) is 7.93. The smallest absolute Gasteiger partial charge is 0.251 e. The molecule has 0 radical (unpaired) electrons. The van der Waals surface area contributed by atoms with Gasteiger partial charge in [-0.25, -0.2) is 0 Å². The highest BCUT2D eigenvalue weighted by atomic mass is 32.2. The summed E-state index contributed by atoms with van der Waals surface area (Å²) in [4.78, 5) is 12.2. The minimum Gasteiger partial charge on any atom is -0.352 e. The van der Waals surface area contributed by atoms with Crippen LogP contribution in [0.25, 0.3) is 0 Å². The van der Waals surface area contributed by atoms with Crippen molar-refractivity contribution in [2.24, 2.45) is 5.92 Å². The van der Waals surface area contributed by atoms with Crippen molar-refractivity contribution < 1.29 is 4.79 Å². The standard InChI is InChI=1S/C17H21N3OS2/c1-13(12-20-8-2-7-19-20)11-18-16(21)14-3-5-15(6-4-14)17-22-9-10-23-17/h2-8,13,17H,9-12H2,1H3,(H,18,21). The van der Waals surface area contributed by atoms with Gasteiger partial charge in [0.05, 0.1) is 4.58 Å². The van der Waals surface area contributed by atoms with E-state index in [1.807, 2.05) is 52.6 Å². The fourth-order valence-electron chi connectivity index (χ4n) is 2.50. The van der Waals surface area contributed by atoms with Gasteiger partial charge in [0, 0.05) is 42.6 Å². The first-order valence-corrected chi connectivity index (χ1v) is 9.91. The zero-order valence-electron chi connectivity index (χ0n) is 13.1. The number of aromatic nitrogens is 2. The number of thioether (sulfide) groups is 2. The van der Waals surface area contributed by atoms with Crippen LogP contribution in [0.4, 0.5) is 0 Å². The van der Waals surface area contributed by atoms with Crippen molar-refractivity contribution in [3.8, 4) is 0 Å². The van der Waals surface area contributed by atoms with E-state index in [2.05, 4.69) is 29.5 Å². The van der Waals surface area contributed by atoms with Crippen molar-refractivity contribution in [3.63, 3.8) is 0 Å². The van der Waals surface area contributed by atoms with E-state index in [0.29, 0.717) is 17.0 Å². The van der Waals surface area contributed by atoms with Crippen LogP contribution in [0.5, 0.6) is 0 Å². The molecule has 6 heteroatoms. The zero-order valence-corrected chi connectivity index (χ0v) is 14.8.